The van der Waals surface area contributed by atoms with Crippen molar-refractivity contribution in [3.05, 3.63) is 57.5 Å². The van der Waals surface area contributed by atoms with Crippen LogP contribution in [0.5, 0.6) is 0 Å². The van der Waals surface area contributed by atoms with E-state index in [1.165, 1.54) is 17.4 Å². The van der Waals surface area contributed by atoms with Crippen molar-refractivity contribution in [2.45, 2.75) is 32.6 Å². The van der Waals surface area contributed by atoms with Gasteiger partial charge in [-0.2, -0.15) is 0 Å². The Hall–Kier alpha value is -2.51. The summed E-state index contributed by atoms with van der Waals surface area (Å²) in [4.78, 5) is 24.5. The highest BCUT2D eigenvalue weighted by Gasteiger charge is 2.16. The van der Waals surface area contributed by atoms with Crippen LogP contribution in [0.3, 0.4) is 0 Å². The molecule has 2 rings (SSSR count). The molecule has 27 heavy (non-hydrogen) atoms. The zero-order chi connectivity index (χ0) is 19.6. The molecule has 0 atom stereocenters. The van der Waals surface area contributed by atoms with Gasteiger partial charge in [0.05, 0.1) is 5.57 Å². The van der Waals surface area contributed by atoms with Crippen LogP contribution in [0, 0.1) is 12.7 Å². The molecule has 1 aromatic carbocycles. The van der Waals surface area contributed by atoms with Gasteiger partial charge in [-0.15, -0.1) is 11.3 Å². The minimum absolute atomic E-state index is 0.239. The molecule has 7 heteroatoms. The smallest absolute Gasteiger partial charge is 0.252 e. The highest BCUT2D eigenvalue weighted by Crippen LogP contribution is 2.24. The highest BCUT2D eigenvalue weighted by atomic mass is 32.1. The third-order valence-electron chi connectivity index (χ3n) is 3.94. The Kier molecular flexibility index (Phi) is 8.16. The molecule has 1 aromatic heterocycles. The van der Waals surface area contributed by atoms with Crippen molar-refractivity contribution >= 4 is 34.8 Å². The van der Waals surface area contributed by atoms with E-state index in [4.69, 9.17) is 5.21 Å². The van der Waals surface area contributed by atoms with E-state index in [1.54, 1.807) is 29.8 Å². The van der Waals surface area contributed by atoms with Crippen LogP contribution < -0.4 is 10.8 Å². The summed E-state index contributed by atoms with van der Waals surface area (Å²) < 4.78 is 14.2. The molecule has 0 bridgehead atoms. The van der Waals surface area contributed by atoms with Gasteiger partial charge in [0.2, 0.25) is 5.91 Å². The fourth-order valence-corrected chi connectivity index (χ4v) is 3.39. The van der Waals surface area contributed by atoms with Crippen LogP contribution in [0.15, 0.2) is 35.7 Å². The minimum atomic E-state index is -0.442. The molecular weight excluding hydrogens is 367 g/mol. The van der Waals surface area contributed by atoms with Crippen LogP contribution in [0.25, 0.3) is 11.6 Å². The normalized spacial score (nSPS) is 11.3. The Morgan fingerprint density at radius 3 is 2.67 bits per heavy atom. The van der Waals surface area contributed by atoms with Crippen LogP contribution in [0.1, 0.15) is 41.7 Å². The first kappa shape index (κ1) is 20.8. The molecule has 2 aromatic rings. The van der Waals surface area contributed by atoms with Gasteiger partial charge < -0.3 is 5.32 Å². The van der Waals surface area contributed by atoms with Crippen LogP contribution in [-0.2, 0) is 9.59 Å². The number of thiophene rings is 1. The summed E-state index contributed by atoms with van der Waals surface area (Å²) in [6, 6.07) is 8.17. The molecule has 0 spiro atoms. The Balaban J connectivity index is 2.01. The van der Waals surface area contributed by atoms with Gasteiger partial charge in [0, 0.05) is 23.4 Å². The summed E-state index contributed by atoms with van der Waals surface area (Å²) in [5, 5.41) is 13.2. The van der Waals surface area contributed by atoms with E-state index in [9.17, 15) is 14.0 Å². The van der Waals surface area contributed by atoms with Gasteiger partial charge >= 0.3 is 0 Å². The standard InChI is InChI=1S/C20H23FN2O3S/c1-14-11-15(27-13-14)12-17(16-7-4-5-8-18(16)21)20(25)22-10-6-2-3-9-19(24)23-26/h4-5,7-8,11-13,26H,2-3,6,9-10H2,1H3,(H,22,25)(H,23,24). The largest absolute Gasteiger partial charge is 0.352 e. The fraction of sp³-hybridized carbons (Fsp3) is 0.300. The maximum absolute atomic E-state index is 14.2. The maximum Gasteiger partial charge on any atom is 0.252 e. The van der Waals surface area contributed by atoms with Crippen LogP contribution in [0.2, 0.25) is 0 Å². The monoisotopic (exact) mass is 390 g/mol. The van der Waals surface area contributed by atoms with E-state index in [1.807, 2.05) is 18.4 Å². The quantitative estimate of drug-likeness (QED) is 0.263. The second-order valence-corrected chi connectivity index (χ2v) is 7.11. The van der Waals surface area contributed by atoms with E-state index in [-0.39, 0.29) is 23.5 Å². The minimum Gasteiger partial charge on any atom is -0.352 e. The lowest BCUT2D eigenvalue weighted by Crippen LogP contribution is -2.25. The predicted octanol–water partition coefficient (Wildman–Crippen LogP) is 3.92. The first-order valence-corrected chi connectivity index (χ1v) is 9.62. The van der Waals surface area contributed by atoms with Gasteiger partial charge in [-0.1, -0.05) is 24.6 Å². The van der Waals surface area contributed by atoms with Crippen molar-refractivity contribution in [3.63, 3.8) is 0 Å². The number of nitrogens with one attached hydrogen (secondary N) is 2. The molecule has 0 unspecified atom stereocenters. The lowest BCUT2D eigenvalue weighted by Gasteiger charge is -2.10. The average Bonchev–Trinajstić information content (AvgIpc) is 3.07. The number of benzene rings is 1. The molecule has 0 aliphatic rings. The van der Waals surface area contributed by atoms with Crippen molar-refractivity contribution in [2.75, 3.05) is 6.54 Å². The summed E-state index contributed by atoms with van der Waals surface area (Å²) in [5.74, 6) is -1.20. The van der Waals surface area contributed by atoms with Gasteiger partial charge in [0.15, 0.2) is 0 Å². The molecule has 0 aliphatic heterocycles. The van der Waals surface area contributed by atoms with Crippen LogP contribution in [0.4, 0.5) is 4.39 Å². The summed E-state index contributed by atoms with van der Waals surface area (Å²) in [5.41, 5.74) is 3.23. The average molecular weight is 390 g/mol. The third-order valence-corrected chi connectivity index (χ3v) is 4.93. The summed E-state index contributed by atoms with van der Waals surface area (Å²) >= 11 is 1.50. The Morgan fingerprint density at radius 2 is 2.00 bits per heavy atom. The van der Waals surface area contributed by atoms with Crippen molar-refractivity contribution < 1.29 is 19.2 Å². The van der Waals surface area contributed by atoms with Gasteiger partial charge in [0.1, 0.15) is 5.82 Å². The molecule has 3 N–H and O–H groups in total. The number of rotatable bonds is 9. The Labute approximate surface area is 161 Å². The maximum atomic E-state index is 14.2. The molecule has 0 saturated heterocycles. The number of halogens is 1. The molecular formula is C20H23FN2O3S. The Bertz CT molecular complexity index is 817. The lowest BCUT2D eigenvalue weighted by molar-refractivity contribution is -0.129. The Morgan fingerprint density at radius 1 is 1.22 bits per heavy atom. The molecule has 2 amide bonds. The molecule has 5 nitrogen and oxygen atoms in total. The van der Waals surface area contributed by atoms with E-state index in [2.05, 4.69) is 5.32 Å². The van der Waals surface area contributed by atoms with E-state index in [0.717, 1.165) is 16.9 Å². The van der Waals surface area contributed by atoms with Gasteiger partial charge in [-0.3, -0.25) is 14.8 Å². The number of hydroxylamine groups is 1. The molecule has 0 aliphatic carbocycles. The predicted molar refractivity (Wildman–Crippen MR) is 105 cm³/mol. The summed E-state index contributed by atoms with van der Waals surface area (Å²) in [6.45, 7) is 2.39. The second kappa shape index (κ2) is 10.6. The van der Waals surface area contributed by atoms with E-state index in [0.29, 0.717) is 19.4 Å². The van der Waals surface area contributed by atoms with Crippen molar-refractivity contribution in [1.29, 1.82) is 0 Å². The number of unbranched alkanes of at least 4 members (excludes halogenated alkanes) is 2. The van der Waals surface area contributed by atoms with Gasteiger partial charge in [-0.25, -0.2) is 9.87 Å². The van der Waals surface area contributed by atoms with Crippen molar-refractivity contribution in [3.8, 4) is 0 Å². The molecule has 1 heterocycles. The zero-order valence-electron chi connectivity index (χ0n) is 15.1. The first-order chi connectivity index (χ1) is 13.0. The number of hydrogen-bond donors (Lipinski definition) is 3. The highest BCUT2D eigenvalue weighted by molar-refractivity contribution is 7.11. The number of hydrogen-bond acceptors (Lipinski definition) is 4. The van der Waals surface area contributed by atoms with Crippen molar-refractivity contribution in [2.24, 2.45) is 0 Å². The van der Waals surface area contributed by atoms with Crippen molar-refractivity contribution in [1.82, 2.24) is 10.8 Å². The fourth-order valence-electron chi connectivity index (χ4n) is 2.56. The number of aryl methyl sites for hydroxylation is 1. The van der Waals surface area contributed by atoms with E-state index >= 15 is 0 Å². The lowest BCUT2D eigenvalue weighted by atomic mass is 10.0. The number of amides is 2. The van der Waals surface area contributed by atoms with Crippen LogP contribution >= 0.6 is 11.3 Å². The molecule has 0 saturated carbocycles. The SMILES string of the molecule is Cc1csc(C=C(C(=O)NCCCCCC(=O)NO)c2ccccc2F)c1. The summed E-state index contributed by atoms with van der Waals surface area (Å²) in [7, 11) is 0. The van der Waals surface area contributed by atoms with Crippen LogP contribution in [-0.4, -0.2) is 23.6 Å². The first-order valence-electron chi connectivity index (χ1n) is 8.74. The zero-order valence-corrected chi connectivity index (χ0v) is 15.9. The molecule has 0 radical (unpaired) electrons. The second-order valence-electron chi connectivity index (χ2n) is 6.17. The number of carbonyl (C=O) groups excluding carboxylic acids is 2. The molecule has 144 valence electrons. The van der Waals surface area contributed by atoms with Gasteiger partial charge in [-0.05, 0) is 48.9 Å². The topological polar surface area (TPSA) is 78.4 Å². The van der Waals surface area contributed by atoms with E-state index < -0.39 is 11.7 Å². The number of carbonyl (C=O) groups is 2. The third kappa shape index (κ3) is 6.62. The summed E-state index contributed by atoms with van der Waals surface area (Å²) in [6.07, 6.45) is 3.98. The molecule has 0 fully saturated rings. The van der Waals surface area contributed by atoms with Gasteiger partial charge in [0.25, 0.3) is 5.91 Å².